The van der Waals surface area contributed by atoms with Crippen molar-refractivity contribution in [2.45, 2.75) is 30.2 Å². The zero-order chi connectivity index (χ0) is 32.3. The Kier molecular flexibility index (Phi) is 9.46. The molecule has 14 heteroatoms. The zero-order valence-electron chi connectivity index (χ0n) is 24.1. The number of hydrogen-bond acceptors (Lipinski definition) is 7. The van der Waals surface area contributed by atoms with Crippen LogP contribution in [0.15, 0.2) is 78.1 Å². The maximum absolute atomic E-state index is 15.3. The third-order valence-corrected chi connectivity index (χ3v) is 9.69. The molecule has 2 aromatic heterocycles. The number of nitrogens with zero attached hydrogens (tertiary/aromatic N) is 3. The van der Waals surface area contributed by atoms with E-state index in [9.17, 15) is 26.4 Å². The topological polar surface area (TPSA) is 130 Å². The number of carbonyl (C=O) groups is 1. The lowest BCUT2D eigenvalue weighted by Crippen LogP contribution is -2.54. The summed E-state index contributed by atoms with van der Waals surface area (Å²) in [4.78, 5) is 21.4. The number of benzene rings is 2. The molecule has 9 nitrogen and oxygen atoms in total. The van der Waals surface area contributed by atoms with Crippen LogP contribution in [-0.2, 0) is 21.2 Å². The van der Waals surface area contributed by atoms with E-state index in [0.29, 0.717) is 18.2 Å². The van der Waals surface area contributed by atoms with E-state index in [0.717, 1.165) is 24.5 Å². The number of piperazine rings is 1. The molecule has 1 aliphatic rings. The molecule has 4 N–H and O–H groups in total. The lowest BCUT2D eigenvalue weighted by Gasteiger charge is -2.35. The van der Waals surface area contributed by atoms with Crippen molar-refractivity contribution in [3.63, 3.8) is 0 Å². The molecule has 0 radical (unpaired) electrons. The normalized spacial score (nSPS) is 17.0. The van der Waals surface area contributed by atoms with Crippen molar-refractivity contribution >= 4 is 27.4 Å². The fourth-order valence-corrected chi connectivity index (χ4v) is 7.09. The predicted octanol–water partition coefficient (Wildman–Crippen LogP) is 4.23. The molecule has 4 aromatic rings. The van der Waals surface area contributed by atoms with Crippen molar-refractivity contribution < 1.29 is 30.8 Å². The maximum atomic E-state index is 15.3. The number of anilines is 2. The Labute approximate surface area is 257 Å². The van der Waals surface area contributed by atoms with Crippen LogP contribution in [0.5, 0.6) is 0 Å². The Bertz CT molecular complexity index is 1770. The molecule has 0 spiro atoms. The summed E-state index contributed by atoms with van der Waals surface area (Å²) in [7, 11) is -4.03. The average molecular weight is 643 g/mol. The van der Waals surface area contributed by atoms with Crippen molar-refractivity contribution in [1.29, 1.82) is 0 Å². The second-order valence-electron chi connectivity index (χ2n) is 10.8. The molecule has 0 bridgehead atoms. The standard InChI is InChI=1S/C31H30F4N6O3S/c1-18(30(19-2-4-21(32)5-3-19)20-10-22(33)12-23(34)11-20)31(42)40-28-17-38-16-27(35)26(28)13-24-14-37-8-9-41(24)45(43,44)25-6-7-29(36)39-15-25/h2-7,10-12,15-18,24,30,37H,8-9,13-14H2,1H3,(H2,36,39)(H,40,42)/t18-,24?,30-/m0/s1. The lowest BCUT2D eigenvalue weighted by atomic mass is 9.81. The summed E-state index contributed by atoms with van der Waals surface area (Å²) in [5.41, 5.74) is 6.21. The fraction of sp³-hybridized carbons (Fsp3) is 0.258. The van der Waals surface area contributed by atoms with Crippen molar-refractivity contribution in [3.05, 3.63) is 113 Å². The second-order valence-corrected chi connectivity index (χ2v) is 12.6. The Morgan fingerprint density at radius 2 is 1.71 bits per heavy atom. The number of sulfonamides is 1. The molecule has 1 amide bonds. The van der Waals surface area contributed by atoms with Gasteiger partial charge in [-0.2, -0.15) is 4.31 Å². The molecule has 1 fully saturated rings. The zero-order valence-corrected chi connectivity index (χ0v) is 24.9. The lowest BCUT2D eigenvalue weighted by molar-refractivity contribution is -0.119. The number of pyridine rings is 2. The molecular formula is C31H30F4N6O3S. The van der Waals surface area contributed by atoms with E-state index in [-0.39, 0.29) is 47.0 Å². The Balaban J connectivity index is 1.44. The number of amides is 1. The number of hydrogen-bond donors (Lipinski definition) is 3. The van der Waals surface area contributed by atoms with Crippen molar-refractivity contribution in [1.82, 2.24) is 19.6 Å². The van der Waals surface area contributed by atoms with Crippen molar-refractivity contribution in [2.75, 3.05) is 30.7 Å². The minimum absolute atomic E-state index is 0.00667. The third-order valence-electron chi connectivity index (χ3n) is 7.75. The molecule has 5 rings (SSSR count). The molecule has 1 unspecified atom stereocenters. The summed E-state index contributed by atoms with van der Waals surface area (Å²) in [5, 5.41) is 5.80. The van der Waals surface area contributed by atoms with Crippen molar-refractivity contribution in [3.8, 4) is 0 Å². The molecular weight excluding hydrogens is 612 g/mol. The quantitative estimate of drug-likeness (QED) is 0.233. The van der Waals surface area contributed by atoms with Crippen LogP contribution in [0, 0.1) is 29.2 Å². The van der Waals surface area contributed by atoms with E-state index < -0.39 is 57.1 Å². The highest BCUT2D eigenvalue weighted by molar-refractivity contribution is 7.89. The number of carbonyl (C=O) groups excluding carboxylic acids is 1. The van der Waals surface area contributed by atoms with Gasteiger partial charge in [0, 0.05) is 55.3 Å². The van der Waals surface area contributed by atoms with Gasteiger partial charge in [0.1, 0.15) is 34.0 Å². The van der Waals surface area contributed by atoms with Gasteiger partial charge < -0.3 is 16.4 Å². The average Bonchev–Trinajstić information content (AvgIpc) is 3.00. The van der Waals surface area contributed by atoms with Crippen LogP contribution in [0.2, 0.25) is 0 Å². The number of halogens is 4. The van der Waals surface area contributed by atoms with E-state index in [2.05, 4.69) is 20.6 Å². The molecule has 45 heavy (non-hydrogen) atoms. The second kappa shape index (κ2) is 13.3. The van der Waals surface area contributed by atoms with Crippen LogP contribution < -0.4 is 16.4 Å². The molecule has 0 saturated carbocycles. The fourth-order valence-electron chi connectivity index (χ4n) is 5.52. The highest BCUT2D eigenvalue weighted by atomic mass is 32.2. The van der Waals surface area contributed by atoms with Crippen LogP contribution in [0.3, 0.4) is 0 Å². The SMILES string of the molecule is C[C@H](C(=O)Nc1cncc(F)c1CC1CNCCN1S(=O)(=O)c1ccc(N)nc1)[C@@H](c1ccc(F)cc1)c1cc(F)cc(F)c1. The summed E-state index contributed by atoms with van der Waals surface area (Å²) in [6.45, 7) is 2.19. The van der Waals surface area contributed by atoms with Gasteiger partial charge >= 0.3 is 0 Å². The van der Waals surface area contributed by atoms with E-state index in [1.165, 1.54) is 53.8 Å². The van der Waals surface area contributed by atoms with Gasteiger partial charge in [0.15, 0.2) is 0 Å². The van der Waals surface area contributed by atoms with Crippen LogP contribution in [0.1, 0.15) is 29.5 Å². The van der Waals surface area contributed by atoms with Gasteiger partial charge in [-0.25, -0.2) is 31.0 Å². The minimum atomic E-state index is -4.03. The molecule has 1 aliphatic heterocycles. The first kappa shape index (κ1) is 32.0. The number of nitrogen functional groups attached to an aromatic ring is 1. The highest BCUT2D eigenvalue weighted by Gasteiger charge is 2.35. The van der Waals surface area contributed by atoms with Crippen LogP contribution >= 0.6 is 0 Å². The van der Waals surface area contributed by atoms with E-state index in [4.69, 9.17) is 5.73 Å². The number of rotatable bonds is 9. The molecule has 2 aromatic carbocycles. The van der Waals surface area contributed by atoms with Crippen LogP contribution in [0.4, 0.5) is 29.1 Å². The van der Waals surface area contributed by atoms with Crippen LogP contribution in [0.25, 0.3) is 0 Å². The maximum Gasteiger partial charge on any atom is 0.244 e. The summed E-state index contributed by atoms with van der Waals surface area (Å²) in [6.07, 6.45) is 3.25. The summed E-state index contributed by atoms with van der Waals surface area (Å²) in [5.74, 6) is -5.37. The van der Waals surface area contributed by atoms with E-state index in [1.807, 2.05) is 0 Å². The van der Waals surface area contributed by atoms with Gasteiger partial charge in [-0.1, -0.05) is 19.1 Å². The number of aromatic nitrogens is 2. The minimum Gasteiger partial charge on any atom is -0.384 e. The molecule has 236 valence electrons. The number of nitrogens with two attached hydrogens (primary N) is 1. The largest absolute Gasteiger partial charge is 0.384 e. The van der Waals surface area contributed by atoms with Gasteiger partial charge in [-0.15, -0.1) is 0 Å². The number of nitrogens with one attached hydrogen (secondary N) is 2. The van der Waals surface area contributed by atoms with Gasteiger partial charge in [-0.05, 0) is 53.9 Å². The predicted molar refractivity (Wildman–Crippen MR) is 159 cm³/mol. The van der Waals surface area contributed by atoms with Gasteiger partial charge in [0.2, 0.25) is 15.9 Å². The highest BCUT2D eigenvalue weighted by Crippen LogP contribution is 2.35. The van der Waals surface area contributed by atoms with Gasteiger partial charge in [-0.3, -0.25) is 9.78 Å². The smallest absolute Gasteiger partial charge is 0.244 e. The molecule has 1 saturated heterocycles. The summed E-state index contributed by atoms with van der Waals surface area (Å²) in [6, 6.07) is 10.1. The summed E-state index contributed by atoms with van der Waals surface area (Å²) >= 11 is 0. The van der Waals surface area contributed by atoms with E-state index in [1.54, 1.807) is 0 Å². The molecule has 3 atom stereocenters. The Hall–Kier alpha value is -4.40. The van der Waals surface area contributed by atoms with E-state index >= 15 is 4.39 Å². The Morgan fingerprint density at radius 3 is 2.38 bits per heavy atom. The molecule has 0 aliphatic carbocycles. The van der Waals surface area contributed by atoms with Gasteiger partial charge in [0.05, 0.1) is 18.1 Å². The first-order chi connectivity index (χ1) is 21.4. The van der Waals surface area contributed by atoms with Crippen LogP contribution in [-0.4, -0.2) is 54.3 Å². The first-order valence-corrected chi connectivity index (χ1v) is 15.5. The van der Waals surface area contributed by atoms with Crippen molar-refractivity contribution in [2.24, 2.45) is 5.92 Å². The first-order valence-electron chi connectivity index (χ1n) is 14.0. The molecule has 3 heterocycles. The summed E-state index contributed by atoms with van der Waals surface area (Å²) < 4.78 is 85.8. The Morgan fingerprint density at radius 1 is 1.00 bits per heavy atom. The van der Waals surface area contributed by atoms with Gasteiger partial charge in [0.25, 0.3) is 0 Å². The third kappa shape index (κ3) is 7.13. The monoisotopic (exact) mass is 642 g/mol.